The average molecular weight is 276 g/mol. The van der Waals surface area contributed by atoms with Crippen molar-refractivity contribution in [3.63, 3.8) is 0 Å². The van der Waals surface area contributed by atoms with Crippen LogP contribution in [0, 0.1) is 12.0 Å². The number of nitrogens with two attached hydrogens (primary N) is 1. The third-order valence-corrected chi connectivity index (χ3v) is 2.61. The van der Waals surface area contributed by atoms with Gasteiger partial charge in [0.1, 0.15) is 12.1 Å². The first-order chi connectivity index (χ1) is 9.25. The number of amides is 2. The van der Waals surface area contributed by atoms with Gasteiger partial charge in [-0.25, -0.2) is 0 Å². The van der Waals surface area contributed by atoms with Gasteiger partial charge in [0.2, 0.25) is 5.91 Å². The molecule has 2 amide bonds. The van der Waals surface area contributed by atoms with Crippen molar-refractivity contribution >= 4 is 11.8 Å². The molecular weight excluding hydrogens is 260 g/mol. The zero-order valence-electron chi connectivity index (χ0n) is 11.2. The van der Waals surface area contributed by atoms with Crippen LogP contribution in [0.2, 0.25) is 0 Å². The first-order valence-electron chi connectivity index (χ1n) is 5.83. The molecule has 1 aromatic carbocycles. The van der Waals surface area contributed by atoms with Crippen LogP contribution in [-0.4, -0.2) is 33.7 Å². The fraction of sp³-hybridized carbons (Fsp3) is 0.286. The molecule has 0 unspecified atom stereocenters. The second-order valence-electron chi connectivity index (χ2n) is 4.78. The number of aliphatic hydroxyl groups excluding tert-OH is 1. The van der Waals surface area contributed by atoms with Gasteiger partial charge in [0, 0.05) is 11.1 Å². The molecule has 106 valence electrons. The molecule has 0 aliphatic heterocycles. The monoisotopic (exact) mass is 276 g/mol. The topological polar surface area (TPSA) is 113 Å². The molecule has 0 spiro atoms. The quantitative estimate of drug-likeness (QED) is 0.567. The van der Waals surface area contributed by atoms with E-state index in [2.05, 4.69) is 11.2 Å². The van der Waals surface area contributed by atoms with E-state index in [4.69, 9.17) is 10.8 Å². The molecule has 20 heavy (non-hydrogen) atoms. The Morgan fingerprint density at radius 2 is 1.85 bits per heavy atom. The number of nitrogens with one attached hydrogen (secondary N) is 1. The SMILES string of the molecule is CC(C)(O)[C@H](NC(=O)c1ccc(C#CO)cc1)C(N)=O. The number of carbonyl (C=O) groups excluding carboxylic acids is 2. The lowest BCUT2D eigenvalue weighted by molar-refractivity contribution is -0.125. The first kappa shape index (κ1) is 15.5. The summed E-state index contributed by atoms with van der Waals surface area (Å²) >= 11 is 0. The molecule has 1 aromatic rings. The van der Waals surface area contributed by atoms with Crippen LogP contribution in [0.3, 0.4) is 0 Å². The van der Waals surface area contributed by atoms with Gasteiger partial charge in [0.25, 0.3) is 5.91 Å². The molecule has 0 saturated heterocycles. The van der Waals surface area contributed by atoms with Gasteiger partial charge in [0.05, 0.1) is 5.60 Å². The molecule has 0 fully saturated rings. The molecule has 1 atom stereocenters. The summed E-state index contributed by atoms with van der Waals surface area (Å²) in [5, 5.41) is 20.6. The van der Waals surface area contributed by atoms with E-state index in [9.17, 15) is 14.7 Å². The fourth-order valence-electron chi connectivity index (χ4n) is 1.58. The van der Waals surface area contributed by atoms with Crippen molar-refractivity contribution in [3.05, 3.63) is 35.4 Å². The Balaban J connectivity index is 2.89. The summed E-state index contributed by atoms with van der Waals surface area (Å²) in [6, 6.07) is 4.85. The Hall–Kier alpha value is -2.52. The number of hydrogen-bond acceptors (Lipinski definition) is 4. The van der Waals surface area contributed by atoms with E-state index in [0.29, 0.717) is 5.56 Å². The van der Waals surface area contributed by atoms with Crippen LogP contribution in [0.15, 0.2) is 24.3 Å². The fourth-order valence-corrected chi connectivity index (χ4v) is 1.58. The molecule has 0 saturated carbocycles. The number of benzene rings is 1. The van der Waals surface area contributed by atoms with Gasteiger partial charge < -0.3 is 21.3 Å². The predicted molar refractivity (Wildman–Crippen MR) is 72.0 cm³/mol. The van der Waals surface area contributed by atoms with E-state index in [-0.39, 0.29) is 5.56 Å². The summed E-state index contributed by atoms with van der Waals surface area (Å²) in [6.07, 6.45) is 1.75. The maximum absolute atomic E-state index is 12.0. The lowest BCUT2D eigenvalue weighted by Crippen LogP contribution is -2.56. The molecule has 6 nitrogen and oxygen atoms in total. The normalized spacial score (nSPS) is 11.9. The minimum atomic E-state index is -1.47. The molecule has 1 rings (SSSR count). The average Bonchev–Trinajstić information content (AvgIpc) is 2.35. The van der Waals surface area contributed by atoms with Crippen LogP contribution < -0.4 is 11.1 Å². The third-order valence-electron chi connectivity index (χ3n) is 2.61. The van der Waals surface area contributed by atoms with Crippen LogP contribution in [0.1, 0.15) is 29.8 Å². The maximum atomic E-state index is 12.0. The van der Waals surface area contributed by atoms with Gasteiger partial charge in [-0.15, -0.1) is 0 Å². The zero-order chi connectivity index (χ0) is 15.3. The van der Waals surface area contributed by atoms with Crippen LogP contribution in [0.25, 0.3) is 0 Å². The van der Waals surface area contributed by atoms with E-state index < -0.39 is 23.5 Å². The molecule has 0 aliphatic carbocycles. The van der Waals surface area contributed by atoms with E-state index in [0.717, 1.165) is 0 Å². The first-order valence-corrected chi connectivity index (χ1v) is 5.83. The minimum Gasteiger partial charge on any atom is -0.462 e. The Kier molecular flexibility index (Phi) is 4.73. The van der Waals surface area contributed by atoms with Gasteiger partial charge in [-0.3, -0.25) is 9.59 Å². The summed E-state index contributed by atoms with van der Waals surface area (Å²) in [5.74, 6) is 1.05. The van der Waals surface area contributed by atoms with Gasteiger partial charge in [-0.2, -0.15) is 0 Å². The van der Waals surface area contributed by atoms with Crippen LogP contribution in [-0.2, 0) is 4.79 Å². The van der Waals surface area contributed by atoms with E-state index in [1.54, 1.807) is 18.2 Å². The summed E-state index contributed by atoms with van der Waals surface area (Å²) in [4.78, 5) is 23.2. The lowest BCUT2D eigenvalue weighted by Gasteiger charge is -2.27. The highest BCUT2D eigenvalue weighted by molar-refractivity contribution is 5.97. The molecule has 0 aliphatic rings. The highest BCUT2D eigenvalue weighted by atomic mass is 16.3. The highest BCUT2D eigenvalue weighted by Crippen LogP contribution is 2.10. The Morgan fingerprint density at radius 1 is 1.30 bits per heavy atom. The molecular formula is C14H16N2O4. The van der Waals surface area contributed by atoms with Crippen molar-refractivity contribution in [1.29, 1.82) is 0 Å². The summed E-state index contributed by atoms with van der Waals surface area (Å²) in [7, 11) is 0. The van der Waals surface area contributed by atoms with Crippen molar-refractivity contribution < 1.29 is 19.8 Å². The van der Waals surface area contributed by atoms with Gasteiger partial charge in [0.15, 0.2) is 0 Å². The van der Waals surface area contributed by atoms with Crippen LogP contribution in [0.5, 0.6) is 0 Å². The second-order valence-corrected chi connectivity index (χ2v) is 4.78. The van der Waals surface area contributed by atoms with Gasteiger partial charge in [-0.1, -0.05) is 0 Å². The minimum absolute atomic E-state index is 0.281. The smallest absolute Gasteiger partial charge is 0.252 e. The molecule has 0 radical (unpaired) electrons. The lowest BCUT2D eigenvalue weighted by atomic mass is 9.98. The van der Waals surface area contributed by atoms with Crippen molar-refractivity contribution in [2.45, 2.75) is 25.5 Å². The summed E-state index contributed by atoms with van der Waals surface area (Å²) < 4.78 is 0. The van der Waals surface area contributed by atoms with E-state index in [1.165, 1.54) is 26.0 Å². The molecule has 6 heteroatoms. The summed E-state index contributed by atoms with van der Waals surface area (Å²) in [6.45, 7) is 2.76. The molecule has 0 bridgehead atoms. The Labute approximate surface area is 116 Å². The van der Waals surface area contributed by atoms with Crippen molar-refractivity contribution in [3.8, 4) is 12.0 Å². The predicted octanol–water partition coefficient (Wildman–Crippen LogP) is -0.277. The van der Waals surface area contributed by atoms with Gasteiger partial charge >= 0.3 is 0 Å². The zero-order valence-corrected chi connectivity index (χ0v) is 11.2. The van der Waals surface area contributed by atoms with Crippen LogP contribution >= 0.6 is 0 Å². The Morgan fingerprint density at radius 3 is 2.25 bits per heavy atom. The standard InChI is InChI=1S/C14H16N2O4/c1-14(2,20)11(12(15)18)16-13(19)10-5-3-9(4-6-10)7-8-17/h3-6,11,17,20H,1-2H3,(H2,15,18)(H,16,19)/t11-/m1/s1. The van der Waals surface area contributed by atoms with Crippen molar-refractivity contribution in [2.75, 3.05) is 0 Å². The third kappa shape index (κ3) is 4.00. The van der Waals surface area contributed by atoms with Crippen molar-refractivity contribution in [1.82, 2.24) is 5.32 Å². The number of carbonyl (C=O) groups is 2. The molecule has 5 N–H and O–H groups in total. The van der Waals surface area contributed by atoms with Crippen molar-refractivity contribution in [2.24, 2.45) is 5.73 Å². The van der Waals surface area contributed by atoms with E-state index >= 15 is 0 Å². The highest BCUT2D eigenvalue weighted by Gasteiger charge is 2.33. The molecule has 0 aromatic heterocycles. The number of primary amides is 1. The maximum Gasteiger partial charge on any atom is 0.252 e. The molecule has 0 heterocycles. The second kappa shape index (κ2) is 6.08. The summed E-state index contributed by atoms with van der Waals surface area (Å²) in [5.41, 5.74) is 4.51. The van der Waals surface area contributed by atoms with E-state index in [1.807, 2.05) is 0 Å². The van der Waals surface area contributed by atoms with Crippen LogP contribution in [0.4, 0.5) is 0 Å². The van der Waals surface area contributed by atoms with Gasteiger partial charge in [-0.05, 0) is 44.0 Å². The number of rotatable bonds is 4. The Bertz CT molecular complexity index is 562. The largest absolute Gasteiger partial charge is 0.462 e. The number of hydrogen-bond donors (Lipinski definition) is 4. The number of aliphatic hydroxyl groups is 2.